The van der Waals surface area contributed by atoms with Crippen molar-refractivity contribution in [3.8, 4) is 0 Å². The molecule has 1 nitrogen and oxygen atoms in total. The normalized spacial score (nSPS) is 15.0. The summed E-state index contributed by atoms with van der Waals surface area (Å²) < 4.78 is 39.4. The maximum absolute atomic E-state index is 13.1. The summed E-state index contributed by atoms with van der Waals surface area (Å²) in [6.45, 7) is 4.25. The average molecular weight is 301 g/mol. The van der Waals surface area contributed by atoms with Crippen molar-refractivity contribution in [2.24, 2.45) is 5.92 Å². The van der Waals surface area contributed by atoms with Crippen molar-refractivity contribution in [2.75, 3.05) is 7.05 Å². The van der Waals surface area contributed by atoms with Gasteiger partial charge in [-0.1, -0.05) is 57.7 Å². The number of hydrogen-bond donors (Lipinski definition) is 1. The fourth-order valence-electron chi connectivity index (χ4n) is 2.77. The second-order valence-electron chi connectivity index (χ2n) is 5.58. The Labute approximate surface area is 125 Å². The first-order valence-electron chi connectivity index (χ1n) is 7.77. The van der Waals surface area contributed by atoms with Gasteiger partial charge in [0.1, 0.15) is 0 Å². The van der Waals surface area contributed by atoms with Crippen LogP contribution in [0.2, 0.25) is 0 Å². The van der Waals surface area contributed by atoms with Crippen LogP contribution in [0.5, 0.6) is 0 Å². The molecule has 0 bridgehead atoms. The molecule has 0 aromatic heterocycles. The second kappa shape index (κ2) is 8.42. The van der Waals surface area contributed by atoms with E-state index in [0.717, 1.165) is 32.1 Å². The van der Waals surface area contributed by atoms with Crippen molar-refractivity contribution in [1.29, 1.82) is 0 Å². The molecule has 1 aromatic rings. The molecule has 1 aromatic carbocycles. The van der Waals surface area contributed by atoms with E-state index in [-0.39, 0.29) is 6.04 Å². The highest BCUT2D eigenvalue weighted by atomic mass is 19.4. The van der Waals surface area contributed by atoms with Crippen LogP contribution in [0.15, 0.2) is 24.3 Å². The number of alkyl halides is 3. The lowest BCUT2D eigenvalue weighted by Gasteiger charge is -2.25. The third-order valence-electron chi connectivity index (χ3n) is 4.10. The molecule has 0 saturated carbocycles. The molecule has 0 heterocycles. The Morgan fingerprint density at radius 1 is 1.14 bits per heavy atom. The van der Waals surface area contributed by atoms with E-state index in [4.69, 9.17) is 0 Å². The van der Waals surface area contributed by atoms with Crippen LogP contribution in [0.1, 0.15) is 63.1 Å². The van der Waals surface area contributed by atoms with Gasteiger partial charge in [0.15, 0.2) is 0 Å². The van der Waals surface area contributed by atoms with Gasteiger partial charge in [-0.15, -0.1) is 0 Å². The zero-order valence-electron chi connectivity index (χ0n) is 13.1. The molecule has 0 fully saturated rings. The van der Waals surface area contributed by atoms with Crippen molar-refractivity contribution >= 4 is 0 Å². The summed E-state index contributed by atoms with van der Waals surface area (Å²) in [6.07, 6.45) is 0.804. The Morgan fingerprint density at radius 2 is 1.81 bits per heavy atom. The highest BCUT2D eigenvalue weighted by Gasteiger charge is 2.34. The van der Waals surface area contributed by atoms with Crippen LogP contribution in [0.3, 0.4) is 0 Å². The predicted octanol–water partition coefficient (Wildman–Crippen LogP) is 5.57. The number of hydrogen-bond acceptors (Lipinski definition) is 1. The summed E-state index contributed by atoms with van der Waals surface area (Å²) in [5, 5.41) is 3.07. The second-order valence-corrected chi connectivity index (χ2v) is 5.58. The molecule has 0 saturated heterocycles. The maximum Gasteiger partial charge on any atom is 0.416 e. The van der Waals surface area contributed by atoms with Crippen molar-refractivity contribution in [3.63, 3.8) is 0 Å². The van der Waals surface area contributed by atoms with Crippen LogP contribution in [-0.4, -0.2) is 7.05 Å². The highest BCUT2D eigenvalue weighted by Crippen LogP contribution is 2.36. The number of unbranched alkanes of at least 4 members (excludes halogenated alkanes) is 1. The molecule has 1 N–H and O–H groups in total. The molecular weight excluding hydrogens is 275 g/mol. The predicted molar refractivity (Wildman–Crippen MR) is 81.2 cm³/mol. The number of rotatable bonds is 8. The van der Waals surface area contributed by atoms with Gasteiger partial charge in [0.25, 0.3) is 0 Å². The Kier molecular flexibility index (Phi) is 7.23. The largest absolute Gasteiger partial charge is 0.416 e. The molecule has 4 heteroatoms. The van der Waals surface area contributed by atoms with Crippen molar-refractivity contribution in [1.82, 2.24) is 5.32 Å². The minimum atomic E-state index is -4.29. The molecule has 0 aliphatic rings. The molecule has 1 rings (SSSR count). The van der Waals surface area contributed by atoms with E-state index in [1.807, 2.05) is 0 Å². The van der Waals surface area contributed by atoms with Crippen molar-refractivity contribution in [3.05, 3.63) is 35.4 Å². The minimum Gasteiger partial charge on any atom is -0.313 e. The Balaban J connectivity index is 2.94. The minimum absolute atomic E-state index is 0.246. The molecule has 120 valence electrons. The Bertz CT molecular complexity index is 415. The van der Waals surface area contributed by atoms with Crippen LogP contribution in [-0.2, 0) is 6.18 Å². The maximum atomic E-state index is 13.1. The SMILES string of the molecule is CCCCC(CC)CC(NC)c1ccccc1C(F)(F)F. The third kappa shape index (κ3) is 5.34. The number of benzene rings is 1. The topological polar surface area (TPSA) is 12.0 Å². The van der Waals surface area contributed by atoms with Crippen LogP contribution >= 0.6 is 0 Å². The first-order chi connectivity index (χ1) is 9.93. The summed E-state index contributed by atoms with van der Waals surface area (Å²) in [5.41, 5.74) is -0.155. The van der Waals surface area contributed by atoms with Gasteiger partial charge >= 0.3 is 6.18 Å². The van der Waals surface area contributed by atoms with Gasteiger partial charge in [-0.05, 0) is 31.0 Å². The highest BCUT2D eigenvalue weighted by molar-refractivity contribution is 5.32. The fraction of sp³-hybridized carbons (Fsp3) is 0.647. The summed E-state index contributed by atoms with van der Waals surface area (Å²) in [5.74, 6) is 0.462. The van der Waals surface area contributed by atoms with Gasteiger partial charge in [-0.25, -0.2) is 0 Å². The smallest absolute Gasteiger partial charge is 0.313 e. The van der Waals surface area contributed by atoms with E-state index in [0.29, 0.717) is 11.5 Å². The van der Waals surface area contributed by atoms with E-state index in [9.17, 15) is 13.2 Å². The molecule has 0 aliphatic carbocycles. The lowest BCUT2D eigenvalue weighted by atomic mass is 9.87. The number of nitrogens with one attached hydrogen (secondary N) is 1. The van der Waals surface area contributed by atoms with Crippen LogP contribution < -0.4 is 5.32 Å². The number of halogens is 3. The molecule has 0 aliphatic heterocycles. The Hall–Kier alpha value is -1.03. The fourth-order valence-corrected chi connectivity index (χ4v) is 2.77. The summed E-state index contributed by atoms with van der Waals surface area (Å²) in [6, 6.07) is 5.66. The van der Waals surface area contributed by atoms with Crippen molar-refractivity contribution < 1.29 is 13.2 Å². The van der Waals surface area contributed by atoms with Crippen LogP contribution in [0.4, 0.5) is 13.2 Å². The molecule has 0 radical (unpaired) electrons. The van der Waals surface area contributed by atoms with Crippen LogP contribution in [0.25, 0.3) is 0 Å². The average Bonchev–Trinajstić information content (AvgIpc) is 2.47. The third-order valence-corrected chi connectivity index (χ3v) is 4.10. The molecule has 0 spiro atoms. The first-order valence-corrected chi connectivity index (χ1v) is 7.77. The lowest BCUT2D eigenvalue weighted by molar-refractivity contribution is -0.138. The molecule has 21 heavy (non-hydrogen) atoms. The van der Waals surface area contributed by atoms with Gasteiger partial charge in [0.2, 0.25) is 0 Å². The monoisotopic (exact) mass is 301 g/mol. The van der Waals surface area contributed by atoms with E-state index in [2.05, 4.69) is 19.2 Å². The summed E-state index contributed by atoms with van der Waals surface area (Å²) in [4.78, 5) is 0. The Morgan fingerprint density at radius 3 is 2.33 bits per heavy atom. The molecule has 2 atom stereocenters. The van der Waals surface area contributed by atoms with E-state index < -0.39 is 11.7 Å². The zero-order valence-corrected chi connectivity index (χ0v) is 13.1. The van der Waals surface area contributed by atoms with Gasteiger partial charge < -0.3 is 5.32 Å². The molecular formula is C17H26F3N. The zero-order chi connectivity index (χ0) is 15.9. The standard InChI is InChI=1S/C17H26F3N/c1-4-6-9-13(5-2)12-16(21-3)14-10-7-8-11-15(14)17(18,19)20/h7-8,10-11,13,16,21H,4-6,9,12H2,1-3H3. The molecule has 2 unspecified atom stereocenters. The van der Waals surface area contributed by atoms with Crippen LogP contribution in [0, 0.1) is 5.92 Å². The molecule has 0 amide bonds. The van der Waals surface area contributed by atoms with E-state index >= 15 is 0 Å². The quantitative estimate of drug-likeness (QED) is 0.661. The van der Waals surface area contributed by atoms with E-state index in [1.165, 1.54) is 12.1 Å². The summed E-state index contributed by atoms with van der Waals surface area (Å²) in [7, 11) is 1.74. The van der Waals surface area contributed by atoms with Gasteiger partial charge in [0.05, 0.1) is 5.56 Å². The lowest BCUT2D eigenvalue weighted by Crippen LogP contribution is -2.23. The summed E-state index contributed by atoms with van der Waals surface area (Å²) >= 11 is 0. The van der Waals surface area contributed by atoms with Gasteiger partial charge in [-0.2, -0.15) is 13.2 Å². The van der Waals surface area contributed by atoms with Gasteiger partial charge in [0, 0.05) is 6.04 Å². The first kappa shape index (κ1) is 18.0. The van der Waals surface area contributed by atoms with Gasteiger partial charge in [-0.3, -0.25) is 0 Å². The van der Waals surface area contributed by atoms with E-state index in [1.54, 1.807) is 19.2 Å². The van der Waals surface area contributed by atoms with Crippen molar-refractivity contribution in [2.45, 2.75) is 58.2 Å².